The van der Waals surface area contributed by atoms with Crippen molar-refractivity contribution < 1.29 is 19.1 Å². The van der Waals surface area contributed by atoms with Crippen molar-refractivity contribution >= 4 is 11.9 Å². The minimum Gasteiger partial charge on any atom is -0.468 e. The van der Waals surface area contributed by atoms with Crippen molar-refractivity contribution in [3.8, 4) is 11.4 Å². The molecule has 0 aliphatic rings. The largest absolute Gasteiger partial charge is 0.468 e. The van der Waals surface area contributed by atoms with Crippen molar-refractivity contribution in [2.75, 3.05) is 14.2 Å². The second kappa shape index (κ2) is 6.89. The molecule has 1 aromatic carbocycles. The smallest absolute Gasteiger partial charge is 0.356 e. The zero-order valence-corrected chi connectivity index (χ0v) is 12.8. The lowest BCUT2D eigenvalue weighted by Crippen LogP contribution is -2.19. The van der Waals surface area contributed by atoms with Crippen LogP contribution in [0.4, 0.5) is 0 Å². The molecule has 0 N–H and O–H groups in total. The number of hydrogen-bond donors (Lipinski definition) is 0. The molecule has 22 heavy (non-hydrogen) atoms. The summed E-state index contributed by atoms with van der Waals surface area (Å²) in [5, 5.41) is 0. The maximum absolute atomic E-state index is 12.1. The molecule has 1 aromatic heterocycles. The molecular weight excluding hydrogens is 284 g/mol. The minimum atomic E-state index is -0.518. The first-order valence-corrected chi connectivity index (χ1v) is 6.92. The van der Waals surface area contributed by atoms with E-state index in [-0.39, 0.29) is 12.2 Å². The fraction of sp³-hybridized carbons (Fsp3) is 0.312. The van der Waals surface area contributed by atoms with Crippen LogP contribution in [0, 0.1) is 0 Å². The molecule has 0 aliphatic heterocycles. The van der Waals surface area contributed by atoms with Crippen LogP contribution in [0.3, 0.4) is 0 Å². The van der Waals surface area contributed by atoms with Crippen LogP contribution in [0.5, 0.6) is 0 Å². The highest BCUT2D eigenvalue weighted by Gasteiger charge is 2.25. The number of esters is 2. The van der Waals surface area contributed by atoms with Crippen LogP contribution in [0.2, 0.25) is 0 Å². The monoisotopic (exact) mass is 302 g/mol. The lowest BCUT2D eigenvalue weighted by molar-refractivity contribution is -0.141. The van der Waals surface area contributed by atoms with E-state index in [1.165, 1.54) is 14.2 Å². The number of carbonyl (C=O) groups excluding carboxylic acids is 2. The summed E-state index contributed by atoms with van der Waals surface area (Å²) in [5.41, 5.74) is 1.69. The van der Waals surface area contributed by atoms with Gasteiger partial charge in [0.05, 0.1) is 19.9 Å². The molecule has 0 aliphatic carbocycles. The third-order valence-corrected chi connectivity index (χ3v) is 3.30. The molecule has 0 radical (unpaired) electrons. The second-order valence-electron chi connectivity index (χ2n) is 4.60. The summed E-state index contributed by atoms with van der Waals surface area (Å²) in [5.74, 6) is -0.430. The van der Waals surface area contributed by atoms with E-state index in [0.29, 0.717) is 17.9 Å². The number of aromatic nitrogens is 2. The van der Waals surface area contributed by atoms with E-state index in [4.69, 9.17) is 9.47 Å². The number of methoxy groups -OCH3 is 2. The van der Waals surface area contributed by atoms with Gasteiger partial charge in [0.25, 0.3) is 0 Å². The van der Waals surface area contributed by atoms with Gasteiger partial charge in [-0.2, -0.15) is 0 Å². The molecule has 2 aromatic rings. The fourth-order valence-corrected chi connectivity index (χ4v) is 2.23. The molecule has 0 spiro atoms. The van der Waals surface area contributed by atoms with Crippen molar-refractivity contribution in [1.82, 2.24) is 9.55 Å². The van der Waals surface area contributed by atoms with Gasteiger partial charge in [-0.05, 0) is 6.42 Å². The lowest BCUT2D eigenvalue weighted by Gasteiger charge is -2.10. The molecule has 0 saturated heterocycles. The Labute approximate surface area is 128 Å². The van der Waals surface area contributed by atoms with Gasteiger partial charge >= 0.3 is 11.9 Å². The van der Waals surface area contributed by atoms with Gasteiger partial charge in [-0.1, -0.05) is 37.3 Å². The highest BCUT2D eigenvalue weighted by Crippen LogP contribution is 2.24. The number of nitrogens with zero attached hydrogens (tertiary/aromatic N) is 2. The number of imidazole rings is 1. The normalized spacial score (nSPS) is 10.3. The highest BCUT2D eigenvalue weighted by atomic mass is 16.5. The molecule has 0 fully saturated rings. The molecule has 116 valence electrons. The van der Waals surface area contributed by atoms with Gasteiger partial charge in [0, 0.05) is 5.56 Å². The maximum atomic E-state index is 12.1. The van der Waals surface area contributed by atoms with Crippen molar-refractivity contribution in [2.24, 2.45) is 0 Å². The van der Waals surface area contributed by atoms with Gasteiger partial charge in [0.2, 0.25) is 0 Å². The predicted octanol–water partition coefficient (Wildman–Crippen LogP) is 2.07. The zero-order chi connectivity index (χ0) is 16.1. The van der Waals surface area contributed by atoms with Gasteiger partial charge in [-0.25, -0.2) is 9.78 Å². The number of aryl methyl sites for hydroxylation is 1. The van der Waals surface area contributed by atoms with E-state index in [0.717, 1.165) is 5.56 Å². The summed E-state index contributed by atoms with van der Waals surface area (Å²) in [6, 6.07) is 9.37. The average Bonchev–Trinajstić information content (AvgIpc) is 2.93. The Morgan fingerprint density at radius 1 is 1.14 bits per heavy atom. The number of carbonyl (C=O) groups is 2. The topological polar surface area (TPSA) is 70.4 Å². The predicted molar refractivity (Wildman–Crippen MR) is 80.4 cm³/mol. The molecule has 0 saturated carbocycles. The Hall–Kier alpha value is -2.63. The Balaban J connectivity index is 2.64. The molecule has 6 heteroatoms. The van der Waals surface area contributed by atoms with Gasteiger partial charge in [-0.3, -0.25) is 4.79 Å². The minimum absolute atomic E-state index is 0.0990. The van der Waals surface area contributed by atoms with E-state index in [9.17, 15) is 9.59 Å². The fourth-order valence-electron chi connectivity index (χ4n) is 2.23. The van der Waals surface area contributed by atoms with Crippen LogP contribution in [0.15, 0.2) is 30.3 Å². The highest BCUT2D eigenvalue weighted by molar-refractivity contribution is 5.90. The Morgan fingerprint density at radius 3 is 2.36 bits per heavy atom. The Kier molecular flexibility index (Phi) is 4.93. The maximum Gasteiger partial charge on any atom is 0.356 e. The van der Waals surface area contributed by atoms with Gasteiger partial charge < -0.3 is 14.0 Å². The van der Waals surface area contributed by atoms with E-state index in [2.05, 4.69) is 4.98 Å². The first kappa shape index (κ1) is 15.8. The molecule has 6 nitrogen and oxygen atoms in total. The SMILES string of the molecule is CCc1nc(-c2ccccc2)n(CC(=O)OC)c1C(=O)OC. The quantitative estimate of drug-likeness (QED) is 0.791. The Morgan fingerprint density at radius 2 is 1.82 bits per heavy atom. The third kappa shape index (κ3) is 3.00. The molecule has 0 bridgehead atoms. The molecule has 0 atom stereocenters. The summed E-state index contributed by atoms with van der Waals surface area (Å²) in [7, 11) is 2.61. The molecule has 0 unspecified atom stereocenters. The average molecular weight is 302 g/mol. The van der Waals surface area contributed by atoms with Crippen LogP contribution < -0.4 is 0 Å². The van der Waals surface area contributed by atoms with Crippen LogP contribution in [-0.2, 0) is 27.2 Å². The standard InChI is InChI=1S/C16H18N2O4/c1-4-12-14(16(20)22-3)18(10-13(19)21-2)15(17-12)11-8-6-5-7-9-11/h5-9H,4,10H2,1-3H3. The van der Waals surface area contributed by atoms with Crippen LogP contribution in [0.25, 0.3) is 11.4 Å². The molecular formula is C16H18N2O4. The Bertz CT molecular complexity index is 677. The summed E-state index contributed by atoms with van der Waals surface area (Å²) in [6.07, 6.45) is 0.554. The van der Waals surface area contributed by atoms with Gasteiger partial charge in [0.15, 0.2) is 5.69 Å². The van der Waals surface area contributed by atoms with Crippen molar-refractivity contribution in [3.63, 3.8) is 0 Å². The summed E-state index contributed by atoms with van der Waals surface area (Å²) >= 11 is 0. The van der Waals surface area contributed by atoms with E-state index in [1.54, 1.807) is 4.57 Å². The van der Waals surface area contributed by atoms with Crippen LogP contribution >= 0.6 is 0 Å². The lowest BCUT2D eigenvalue weighted by atomic mass is 10.2. The van der Waals surface area contributed by atoms with Crippen LogP contribution in [0.1, 0.15) is 23.1 Å². The molecule has 2 rings (SSSR count). The first-order valence-electron chi connectivity index (χ1n) is 6.92. The number of ether oxygens (including phenoxy) is 2. The third-order valence-electron chi connectivity index (χ3n) is 3.30. The number of rotatable bonds is 5. The summed E-state index contributed by atoms with van der Waals surface area (Å²) in [4.78, 5) is 28.3. The van der Waals surface area contributed by atoms with E-state index < -0.39 is 11.9 Å². The van der Waals surface area contributed by atoms with Crippen molar-refractivity contribution in [2.45, 2.75) is 19.9 Å². The van der Waals surface area contributed by atoms with E-state index in [1.807, 2.05) is 37.3 Å². The first-order chi connectivity index (χ1) is 10.6. The van der Waals surface area contributed by atoms with Crippen LogP contribution in [-0.4, -0.2) is 35.7 Å². The number of hydrogen-bond acceptors (Lipinski definition) is 5. The van der Waals surface area contributed by atoms with Gasteiger partial charge in [-0.15, -0.1) is 0 Å². The molecule has 0 amide bonds. The van der Waals surface area contributed by atoms with Crippen molar-refractivity contribution in [1.29, 1.82) is 0 Å². The zero-order valence-electron chi connectivity index (χ0n) is 12.8. The molecule has 1 heterocycles. The van der Waals surface area contributed by atoms with Crippen molar-refractivity contribution in [3.05, 3.63) is 41.7 Å². The second-order valence-corrected chi connectivity index (χ2v) is 4.60. The summed E-state index contributed by atoms with van der Waals surface area (Å²) in [6.45, 7) is 1.80. The number of benzene rings is 1. The van der Waals surface area contributed by atoms with Gasteiger partial charge in [0.1, 0.15) is 12.4 Å². The summed E-state index contributed by atoms with van der Waals surface area (Å²) < 4.78 is 11.1. The van der Waals surface area contributed by atoms with E-state index >= 15 is 0 Å².